The molecule has 1 radical (unpaired) electrons. The second-order valence-electron chi connectivity index (χ2n) is 3.38. The van der Waals surface area contributed by atoms with Crippen molar-refractivity contribution in [3.63, 3.8) is 0 Å². The van der Waals surface area contributed by atoms with Crippen molar-refractivity contribution in [1.82, 2.24) is 0 Å². The minimum atomic E-state index is 0.814. The molecule has 1 unspecified atom stereocenters. The van der Waals surface area contributed by atoms with E-state index in [1.807, 2.05) is 0 Å². The molecule has 0 spiro atoms. The Balaban J connectivity index is 2.35. The number of unbranched alkanes of at least 4 members (excludes halogenated alkanes) is 1. The molecule has 2 aromatic rings. The average Bonchev–Trinajstić information content (AvgIpc) is 2.58. The zero-order chi connectivity index (χ0) is 9.10. The highest BCUT2D eigenvalue weighted by atomic mass is 31.0. The Hall–Kier alpha value is -0.740. The van der Waals surface area contributed by atoms with E-state index < -0.39 is 0 Å². The highest BCUT2D eigenvalue weighted by molar-refractivity contribution is 7.31. The highest BCUT2D eigenvalue weighted by Gasteiger charge is 2.00. The molecule has 0 saturated heterocycles. The first-order chi connectivity index (χ1) is 6.42. The second-order valence-corrected chi connectivity index (χ2v) is 4.48. The Labute approximate surface area is 81.1 Å². The van der Waals surface area contributed by atoms with Crippen LogP contribution in [-0.2, 0) is 6.42 Å². The molecule has 0 bridgehead atoms. The van der Waals surface area contributed by atoms with Crippen molar-refractivity contribution in [3.8, 4) is 0 Å². The Morgan fingerprint density at radius 3 is 3.00 bits per heavy atom. The fraction of sp³-hybridized carbons (Fsp3) is 0.333. The van der Waals surface area contributed by atoms with Gasteiger partial charge in [0.05, 0.1) is 0 Å². The van der Waals surface area contributed by atoms with Crippen LogP contribution in [0.5, 0.6) is 0 Å². The third-order valence-corrected chi connectivity index (χ3v) is 3.60. The number of hydrogen-bond acceptors (Lipinski definition) is 0. The first kappa shape index (κ1) is 8.84. The monoisotopic (exact) mass is 189 g/mol. The molecule has 0 aliphatic carbocycles. The van der Waals surface area contributed by atoms with Gasteiger partial charge in [0.2, 0.25) is 0 Å². The standard InChI is InChI=1S/C12H14P/c1-2-3-8-12-11-7-5-4-6-10(11)9-13-12/h4-7,13H,2-3,8H2,1H3. The molecule has 1 heterocycles. The largest absolute Gasteiger partial charge is 0.127 e. The molecule has 67 valence electrons. The first-order valence-electron chi connectivity index (χ1n) is 4.89. The SMILES string of the molecule is CCCCc1[pH][c]c2ccccc12. The summed E-state index contributed by atoms with van der Waals surface area (Å²) in [6.07, 6.45) is 3.87. The summed E-state index contributed by atoms with van der Waals surface area (Å²) in [5.74, 6) is 3.45. The first-order valence-corrected chi connectivity index (χ1v) is 5.89. The topological polar surface area (TPSA) is 0 Å². The van der Waals surface area contributed by atoms with E-state index in [9.17, 15) is 0 Å². The molecular formula is C12H14P. The zero-order valence-corrected chi connectivity index (χ0v) is 8.93. The average molecular weight is 189 g/mol. The van der Waals surface area contributed by atoms with E-state index >= 15 is 0 Å². The second kappa shape index (κ2) is 3.98. The van der Waals surface area contributed by atoms with Gasteiger partial charge >= 0.3 is 0 Å². The van der Waals surface area contributed by atoms with Gasteiger partial charge in [-0.05, 0) is 28.9 Å². The Morgan fingerprint density at radius 1 is 1.31 bits per heavy atom. The Morgan fingerprint density at radius 2 is 2.15 bits per heavy atom. The summed E-state index contributed by atoms with van der Waals surface area (Å²) in [6, 6.07) is 8.62. The summed E-state index contributed by atoms with van der Waals surface area (Å²) in [5, 5.41) is 4.39. The summed E-state index contributed by atoms with van der Waals surface area (Å²) >= 11 is 0. The summed E-state index contributed by atoms with van der Waals surface area (Å²) in [4.78, 5) is 0. The van der Waals surface area contributed by atoms with E-state index in [4.69, 9.17) is 0 Å². The van der Waals surface area contributed by atoms with Crippen LogP contribution in [0.3, 0.4) is 0 Å². The van der Waals surface area contributed by atoms with Crippen molar-refractivity contribution in [1.29, 1.82) is 0 Å². The van der Waals surface area contributed by atoms with Crippen LogP contribution in [0.15, 0.2) is 24.3 Å². The molecule has 0 aliphatic rings. The van der Waals surface area contributed by atoms with Gasteiger partial charge in [0, 0.05) is 5.80 Å². The van der Waals surface area contributed by atoms with E-state index in [1.165, 1.54) is 30.0 Å². The molecular weight excluding hydrogens is 175 g/mol. The summed E-state index contributed by atoms with van der Waals surface area (Å²) in [7, 11) is 0.814. The lowest BCUT2D eigenvalue weighted by Gasteiger charge is -1.96. The van der Waals surface area contributed by atoms with Crippen LogP contribution in [0.25, 0.3) is 10.8 Å². The van der Waals surface area contributed by atoms with Crippen LogP contribution < -0.4 is 0 Å². The van der Waals surface area contributed by atoms with Gasteiger partial charge < -0.3 is 0 Å². The van der Waals surface area contributed by atoms with Crippen molar-refractivity contribution in [2.45, 2.75) is 26.2 Å². The van der Waals surface area contributed by atoms with E-state index in [-0.39, 0.29) is 0 Å². The summed E-state index contributed by atoms with van der Waals surface area (Å²) < 4.78 is 0. The molecule has 1 heteroatoms. The maximum Gasteiger partial charge on any atom is 0.0106 e. The number of aryl methyl sites for hydroxylation is 1. The van der Waals surface area contributed by atoms with E-state index in [2.05, 4.69) is 37.0 Å². The minimum absolute atomic E-state index is 0.814. The molecule has 2 rings (SSSR count). The number of rotatable bonds is 3. The predicted molar refractivity (Wildman–Crippen MR) is 60.9 cm³/mol. The predicted octanol–water partition coefficient (Wildman–Crippen LogP) is 4.01. The molecule has 13 heavy (non-hydrogen) atoms. The van der Waals surface area contributed by atoms with Crippen LogP contribution >= 0.6 is 8.19 Å². The molecule has 1 aromatic heterocycles. The fourth-order valence-corrected chi connectivity index (χ4v) is 2.77. The van der Waals surface area contributed by atoms with Gasteiger partial charge in [0.1, 0.15) is 0 Å². The zero-order valence-electron chi connectivity index (χ0n) is 7.93. The van der Waals surface area contributed by atoms with Gasteiger partial charge in [-0.3, -0.25) is 0 Å². The van der Waals surface area contributed by atoms with Crippen molar-refractivity contribution in [2.24, 2.45) is 0 Å². The van der Waals surface area contributed by atoms with Gasteiger partial charge in [-0.2, -0.15) is 0 Å². The quantitative estimate of drug-likeness (QED) is 0.684. The van der Waals surface area contributed by atoms with Crippen LogP contribution in [0.1, 0.15) is 25.1 Å². The molecule has 1 aromatic carbocycles. The molecule has 0 N–H and O–H groups in total. The van der Waals surface area contributed by atoms with Gasteiger partial charge in [-0.15, -0.1) is 8.19 Å². The lowest BCUT2D eigenvalue weighted by Crippen LogP contribution is -1.78. The van der Waals surface area contributed by atoms with Crippen molar-refractivity contribution in [3.05, 3.63) is 35.4 Å². The lowest BCUT2D eigenvalue weighted by molar-refractivity contribution is 0.807. The van der Waals surface area contributed by atoms with Gasteiger partial charge in [0.25, 0.3) is 0 Å². The van der Waals surface area contributed by atoms with Gasteiger partial charge in [0.15, 0.2) is 0 Å². The summed E-state index contributed by atoms with van der Waals surface area (Å²) in [5.41, 5.74) is 0. The van der Waals surface area contributed by atoms with Crippen LogP contribution in [-0.4, -0.2) is 0 Å². The number of benzene rings is 1. The number of hydrogen-bond donors (Lipinski definition) is 0. The van der Waals surface area contributed by atoms with Gasteiger partial charge in [-0.1, -0.05) is 37.6 Å². The Bertz CT molecular complexity index is 387. The van der Waals surface area contributed by atoms with Crippen molar-refractivity contribution < 1.29 is 0 Å². The Kier molecular flexibility index (Phi) is 2.71. The van der Waals surface area contributed by atoms with Crippen LogP contribution in [0.4, 0.5) is 0 Å². The van der Waals surface area contributed by atoms with E-state index in [1.54, 1.807) is 5.30 Å². The summed E-state index contributed by atoms with van der Waals surface area (Å²) in [6.45, 7) is 2.25. The normalized spacial score (nSPS) is 11.5. The molecule has 0 saturated carbocycles. The molecule has 0 nitrogen and oxygen atoms in total. The smallest absolute Gasteiger partial charge is 0.0106 e. The maximum absolute atomic E-state index is 3.45. The van der Waals surface area contributed by atoms with Crippen molar-refractivity contribution >= 4 is 19.0 Å². The fourth-order valence-electron chi connectivity index (χ4n) is 1.62. The third-order valence-electron chi connectivity index (χ3n) is 2.38. The van der Waals surface area contributed by atoms with Crippen LogP contribution in [0, 0.1) is 5.80 Å². The molecule has 0 aliphatic heterocycles. The third kappa shape index (κ3) is 1.78. The lowest BCUT2D eigenvalue weighted by atomic mass is 10.1. The molecule has 0 fully saturated rings. The maximum atomic E-state index is 3.45. The van der Waals surface area contributed by atoms with Gasteiger partial charge in [-0.25, -0.2) is 0 Å². The number of fused-ring (bicyclic) bond motifs is 1. The molecule has 1 atom stereocenters. The van der Waals surface area contributed by atoms with Crippen LogP contribution in [0.2, 0.25) is 0 Å². The highest BCUT2D eigenvalue weighted by Crippen LogP contribution is 2.29. The van der Waals surface area contributed by atoms with Crippen molar-refractivity contribution in [2.75, 3.05) is 0 Å². The van der Waals surface area contributed by atoms with E-state index in [0.717, 1.165) is 8.19 Å². The van der Waals surface area contributed by atoms with E-state index in [0.29, 0.717) is 0 Å². The molecule has 0 amide bonds. The minimum Gasteiger partial charge on any atom is -0.127 e.